The summed E-state index contributed by atoms with van der Waals surface area (Å²) in [4.78, 5) is 16.5. The molecule has 4 nitrogen and oxygen atoms in total. The second-order valence-electron chi connectivity index (χ2n) is 4.10. The predicted molar refractivity (Wildman–Crippen MR) is 64.4 cm³/mol. The molecule has 1 rings (SSSR count). The minimum Gasteiger partial charge on any atom is -0.328 e. The monoisotopic (exact) mass is 275 g/mol. The molecule has 1 heterocycles. The molecule has 0 radical (unpaired) electrons. The van der Waals surface area contributed by atoms with Gasteiger partial charge in [-0.05, 0) is 18.1 Å². The first-order chi connectivity index (χ1) is 8.87. The third-order valence-corrected chi connectivity index (χ3v) is 2.43. The molecule has 7 heteroatoms. The quantitative estimate of drug-likeness (QED) is 0.893. The molecule has 0 saturated heterocycles. The van der Waals surface area contributed by atoms with E-state index in [2.05, 4.69) is 4.98 Å². The average Bonchev–Trinajstić information content (AvgIpc) is 2.36. The summed E-state index contributed by atoms with van der Waals surface area (Å²) in [6.45, 7) is 0.753. The van der Waals surface area contributed by atoms with Crippen molar-refractivity contribution in [3.63, 3.8) is 0 Å². The lowest BCUT2D eigenvalue weighted by atomic mass is 10.2. The van der Waals surface area contributed by atoms with E-state index in [0.717, 1.165) is 10.5 Å². The zero-order valence-corrected chi connectivity index (χ0v) is 10.6. The second kappa shape index (κ2) is 6.51. The van der Waals surface area contributed by atoms with E-state index >= 15 is 0 Å². The fourth-order valence-corrected chi connectivity index (χ4v) is 1.57. The van der Waals surface area contributed by atoms with Gasteiger partial charge in [-0.3, -0.25) is 9.78 Å². The van der Waals surface area contributed by atoms with Crippen molar-refractivity contribution in [3.8, 4) is 0 Å². The van der Waals surface area contributed by atoms with Gasteiger partial charge in [-0.2, -0.15) is 13.2 Å². The molecular weight excluding hydrogens is 259 g/mol. The van der Waals surface area contributed by atoms with Crippen LogP contribution in [0.1, 0.15) is 29.4 Å². The van der Waals surface area contributed by atoms with Gasteiger partial charge in [0.15, 0.2) is 0 Å². The van der Waals surface area contributed by atoms with Gasteiger partial charge < -0.3 is 10.6 Å². The van der Waals surface area contributed by atoms with Crippen molar-refractivity contribution in [2.75, 3.05) is 13.1 Å². The molecular formula is C12H16F3N3O. The van der Waals surface area contributed by atoms with Crippen molar-refractivity contribution >= 4 is 5.91 Å². The number of aromatic nitrogens is 1. The maximum atomic E-state index is 12.4. The maximum absolute atomic E-state index is 12.4. The normalized spacial score (nSPS) is 11.4. The minimum atomic E-state index is -4.41. The number of rotatable bonds is 5. The van der Waals surface area contributed by atoms with Crippen molar-refractivity contribution in [1.29, 1.82) is 0 Å². The molecule has 0 aliphatic heterocycles. The summed E-state index contributed by atoms with van der Waals surface area (Å²) in [6, 6.07) is 2.97. The van der Waals surface area contributed by atoms with Crippen molar-refractivity contribution in [2.24, 2.45) is 5.73 Å². The number of nitrogens with two attached hydrogens (primary N) is 1. The largest absolute Gasteiger partial charge is 0.406 e. The third-order valence-electron chi connectivity index (χ3n) is 2.43. The van der Waals surface area contributed by atoms with Gasteiger partial charge in [0.05, 0.1) is 0 Å². The molecule has 1 aromatic rings. The molecule has 0 aromatic carbocycles. The van der Waals surface area contributed by atoms with Gasteiger partial charge in [-0.1, -0.05) is 13.0 Å². The molecule has 0 unspecified atom stereocenters. The summed E-state index contributed by atoms with van der Waals surface area (Å²) in [5, 5.41) is 0. The zero-order chi connectivity index (χ0) is 14.5. The van der Waals surface area contributed by atoms with Crippen LogP contribution >= 0.6 is 0 Å². The van der Waals surface area contributed by atoms with Crippen LogP contribution in [-0.4, -0.2) is 35.1 Å². The van der Waals surface area contributed by atoms with E-state index < -0.39 is 18.6 Å². The number of hydrogen-bond acceptors (Lipinski definition) is 3. The van der Waals surface area contributed by atoms with Crippen molar-refractivity contribution in [3.05, 3.63) is 29.6 Å². The lowest BCUT2D eigenvalue weighted by Crippen LogP contribution is -2.39. The van der Waals surface area contributed by atoms with Crippen molar-refractivity contribution < 1.29 is 18.0 Å². The van der Waals surface area contributed by atoms with Gasteiger partial charge in [-0.15, -0.1) is 0 Å². The number of carbonyl (C=O) groups excluding carboxylic acids is 1. The first kappa shape index (κ1) is 15.4. The highest BCUT2D eigenvalue weighted by molar-refractivity contribution is 5.92. The Balaban J connectivity index is 2.85. The van der Waals surface area contributed by atoms with E-state index in [4.69, 9.17) is 5.73 Å². The van der Waals surface area contributed by atoms with Crippen LogP contribution in [0.5, 0.6) is 0 Å². The molecule has 1 amide bonds. The number of nitrogens with zero attached hydrogens (tertiary/aromatic N) is 2. The fraction of sp³-hybridized carbons (Fsp3) is 0.500. The van der Waals surface area contributed by atoms with E-state index in [9.17, 15) is 18.0 Å². The second-order valence-corrected chi connectivity index (χ2v) is 4.10. The number of hydrogen-bond donors (Lipinski definition) is 1. The molecule has 1 aromatic heterocycles. The Kier molecular flexibility index (Phi) is 5.29. The molecule has 0 aliphatic rings. The number of amides is 1. The number of alkyl halides is 3. The first-order valence-electron chi connectivity index (χ1n) is 5.88. The van der Waals surface area contributed by atoms with E-state index in [1.54, 1.807) is 13.0 Å². The van der Waals surface area contributed by atoms with Crippen LogP contribution in [0.2, 0.25) is 0 Å². The summed E-state index contributed by atoms with van der Waals surface area (Å²) in [7, 11) is 0. The summed E-state index contributed by atoms with van der Waals surface area (Å²) in [5.74, 6) is -0.720. The molecule has 0 bridgehead atoms. The van der Waals surface area contributed by atoms with E-state index in [0.29, 0.717) is 6.42 Å². The summed E-state index contributed by atoms with van der Waals surface area (Å²) < 4.78 is 37.2. The fourth-order valence-electron chi connectivity index (χ4n) is 1.57. The molecule has 19 heavy (non-hydrogen) atoms. The van der Waals surface area contributed by atoms with Gasteiger partial charge >= 0.3 is 6.18 Å². The average molecular weight is 275 g/mol. The molecule has 0 spiro atoms. The Morgan fingerprint density at radius 3 is 2.53 bits per heavy atom. The van der Waals surface area contributed by atoms with Gasteiger partial charge in [0, 0.05) is 19.3 Å². The zero-order valence-electron chi connectivity index (χ0n) is 10.6. The van der Waals surface area contributed by atoms with Crippen LogP contribution in [0, 0.1) is 0 Å². The molecule has 106 valence electrons. The molecule has 0 atom stereocenters. The standard InChI is InChI=1S/C12H16F3N3O/c1-2-5-18(8-12(13,14)15)11(19)10-4-3-9(6-16)7-17-10/h3-4,7H,2,5-6,8,16H2,1H3. The Morgan fingerprint density at radius 2 is 2.11 bits per heavy atom. The van der Waals surface area contributed by atoms with E-state index in [-0.39, 0.29) is 18.8 Å². The van der Waals surface area contributed by atoms with Gasteiger partial charge in [0.25, 0.3) is 5.91 Å². The molecule has 0 fully saturated rings. The highest BCUT2D eigenvalue weighted by atomic mass is 19.4. The van der Waals surface area contributed by atoms with Crippen LogP contribution in [0.4, 0.5) is 13.2 Å². The Hall–Kier alpha value is -1.63. The van der Waals surface area contributed by atoms with Crippen LogP contribution in [-0.2, 0) is 6.54 Å². The smallest absolute Gasteiger partial charge is 0.328 e. The summed E-state index contributed by atoms with van der Waals surface area (Å²) >= 11 is 0. The summed E-state index contributed by atoms with van der Waals surface area (Å²) in [5.41, 5.74) is 6.09. The Bertz CT molecular complexity index is 417. The Morgan fingerprint density at radius 1 is 1.42 bits per heavy atom. The van der Waals surface area contributed by atoms with Crippen LogP contribution in [0.25, 0.3) is 0 Å². The SMILES string of the molecule is CCCN(CC(F)(F)F)C(=O)c1ccc(CN)cn1. The predicted octanol–water partition coefficient (Wildman–Crippen LogP) is 1.95. The van der Waals surface area contributed by atoms with Gasteiger partial charge in [-0.25, -0.2) is 0 Å². The lowest BCUT2D eigenvalue weighted by Gasteiger charge is -2.23. The first-order valence-corrected chi connectivity index (χ1v) is 5.88. The Labute approximate surface area is 109 Å². The van der Waals surface area contributed by atoms with Crippen molar-refractivity contribution in [2.45, 2.75) is 26.1 Å². The highest BCUT2D eigenvalue weighted by Gasteiger charge is 2.33. The van der Waals surface area contributed by atoms with Crippen LogP contribution in [0.3, 0.4) is 0 Å². The van der Waals surface area contributed by atoms with Gasteiger partial charge in [0.1, 0.15) is 12.2 Å². The van der Waals surface area contributed by atoms with Crippen LogP contribution < -0.4 is 5.73 Å². The highest BCUT2D eigenvalue weighted by Crippen LogP contribution is 2.18. The number of halogens is 3. The molecule has 0 saturated carbocycles. The third kappa shape index (κ3) is 4.86. The van der Waals surface area contributed by atoms with E-state index in [1.165, 1.54) is 12.3 Å². The maximum Gasteiger partial charge on any atom is 0.406 e. The summed E-state index contributed by atoms with van der Waals surface area (Å²) in [6.07, 6.45) is -2.57. The van der Waals surface area contributed by atoms with Crippen LogP contribution in [0.15, 0.2) is 18.3 Å². The minimum absolute atomic E-state index is 0.00472. The van der Waals surface area contributed by atoms with Gasteiger partial charge in [0.2, 0.25) is 0 Å². The number of pyridine rings is 1. The van der Waals surface area contributed by atoms with E-state index in [1.807, 2.05) is 0 Å². The molecule has 0 aliphatic carbocycles. The number of carbonyl (C=O) groups is 1. The lowest BCUT2D eigenvalue weighted by molar-refractivity contribution is -0.140. The topological polar surface area (TPSA) is 59.2 Å². The van der Waals surface area contributed by atoms with Crippen molar-refractivity contribution in [1.82, 2.24) is 9.88 Å². The molecule has 2 N–H and O–H groups in total.